The van der Waals surface area contributed by atoms with Crippen molar-refractivity contribution in [2.75, 3.05) is 45.9 Å². The Morgan fingerprint density at radius 1 is 1.08 bits per heavy atom. The highest BCUT2D eigenvalue weighted by Gasteiger charge is 2.36. The van der Waals surface area contributed by atoms with Gasteiger partial charge in [0.2, 0.25) is 0 Å². The summed E-state index contributed by atoms with van der Waals surface area (Å²) in [6.07, 6.45) is 0.309. The lowest BCUT2D eigenvalue weighted by Crippen LogP contribution is -2.46. The third-order valence-corrected chi connectivity index (χ3v) is 7.94. The topological polar surface area (TPSA) is 65.5 Å². The molecule has 1 saturated heterocycles. The minimum Gasteiger partial charge on any atom is -0.379 e. The molecule has 5 rings (SSSR count). The quantitative estimate of drug-likeness (QED) is 0.405. The van der Waals surface area contributed by atoms with Crippen molar-refractivity contribution in [3.8, 4) is 0 Å². The second kappa shape index (κ2) is 12.2. The minimum atomic E-state index is -0.645. The lowest BCUT2D eigenvalue weighted by atomic mass is 9.98. The first-order valence-electron chi connectivity index (χ1n) is 12.5. The summed E-state index contributed by atoms with van der Waals surface area (Å²) in [5, 5.41) is 8.29. The van der Waals surface area contributed by atoms with E-state index in [1.165, 1.54) is 22.4 Å². The van der Waals surface area contributed by atoms with Crippen molar-refractivity contribution >= 4 is 40.5 Å². The molecule has 198 valence electrons. The molecule has 1 atom stereocenters. The van der Waals surface area contributed by atoms with Crippen LogP contribution in [0.2, 0.25) is 5.02 Å². The largest absolute Gasteiger partial charge is 0.379 e. The zero-order valence-electron chi connectivity index (χ0n) is 20.8. The van der Waals surface area contributed by atoms with Gasteiger partial charge in [-0.05, 0) is 23.6 Å². The first-order chi connectivity index (χ1) is 18.5. The number of benzene rings is 2. The maximum Gasteiger partial charge on any atom is 0.264 e. The molecular weight excluding hydrogens is 527 g/mol. The van der Waals surface area contributed by atoms with Gasteiger partial charge in [-0.1, -0.05) is 54.1 Å². The van der Waals surface area contributed by atoms with Crippen LogP contribution >= 0.6 is 22.9 Å². The van der Waals surface area contributed by atoms with Crippen molar-refractivity contribution in [3.63, 3.8) is 0 Å². The van der Waals surface area contributed by atoms with Crippen LogP contribution in [0.25, 0.3) is 0 Å². The number of carbonyl (C=O) groups excluding carboxylic acids is 2. The molecule has 0 spiro atoms. The molecule has 1 aromatic heterocycles. The molecule has 3 heterocycles. The van der Waals surface area contributed by atoms with Crippen molar-refractivity contribution in [1.29, 1.82) is 0 Å². The van der Waals surface area contributed by atoms with Gasteiger partial charge in [-0.15, -0.1) is 11.3 Å². The standard InChI is InChI=1S/C28H28ClFN4O3S/c29-22-8-3-1-6-20(22)24-18-25(21-7-2-4-9-23(21)30)34(31-24)27(35)19-33(28(36)26-10-5-17-38-26)12-11-32-13-15-37-16-14-32/h1-10,17,25H,11-16,18-19H2/t25-/m1/s1. The van der Waals surface area contributed by atoms with Crippen LogP contribution in [-0.4, -0.2) is 78.3 Å². The van der Waals surface area contributed by atoms with Crippen molar-refractivity contribution in [2.24, 2.45) is 5.10 Å². The Bertz CT molecular complexity index is 1310. The SMILES string of the molecule is O=C(c1cccs1)N(CCN1CCOCC1)CC(=O)N1N=C(c2ccccc2Cl)C[C@@H]1c1ccccc1F. The number of halogens is 2. The number of amides is 2. The summed E-state index contributed by atoms with van der Waals surface area (Å²) in [5.74, 6) is -1.00. The van der Waals surface area contributed by atoms with Gasteiger partial charge in [0.05, 0.1) is 29.8 Å². The monoisotopic (exact) mass is 554 g/mol. The van der Waals surface area contributed by atoms with Crippen molar-refractivity contribution in [1.82, 2.24) is 14.8 Å². The number of thiophene rings is 1. The summed E-state index contributed by atoms with van der Waals surface area (Å²) >= 11 is 7.77. The molecule has 1 fully saturated rings. The van der Waals surface area contributed by atoms with Gasteiger partial charge in [0.15, 0.2) is 0 Å². The van der Waals surface area contributed by atoms with E-state index in [-0.39, 0.29) is 18.4 Å². The van der Waals surface area contributed by atoms with Crippen LogP contribution in [0.3, 0.4) is 0 Å². The average molecular weight is 555 g/mol. The number of hydrazone groups is 1. The number of ether oxygens (including phenoxy) is 1. The van der Waals surface area contributed by atoms with Crippen LogP contribution in [0.5, 0.6) is 0 Å². The molecule has 2 aliphatic heterocycles. The normalized spacial score (nSPS) is 17.9. The highest BCUT2D eigenvalue weighted by Crippen LogP contribution is 2.35. The number of morpholine rings is 1. The van der Waals surface area contributed by atoms with Gasteiger partial charge in [0.25, 0.3) is 11.8 Å². The Hall–Kier alpha value is -3.11. The van der Waals surface area contributed by atoms with Gasteiger partial charge in [0, 0.05) is 48.7 Å². The summed E-state index contributed by atoms with van der Waals surface area (Å²) in [7, 11) is 0. The predicted octanol–water partition coefficient (Wildman–Crippen LogP) is 4.69. The molecule has 2 amide bonds. The van der Waals surface area contributed by atoms with Gasteiger partial charge in [-0.3, -0.25) is 14.5 Å². The molecule has 2 aromatic carbocycles. The molecule has 0 aliphatic carbocycles. The number of rotatable bonds is 8. The molecule has 0 unspecified atom stereocenters. The van der Waals surface area contributed by atoms with E-state index in [1.54, 1.807) is 35.2 Å². The summed E-state index contributed by atoms with van der Waals surface area (Å²) in [4.78, 5) is 31.5. The van der Waals surface area contributed by atoms with Crippen LogP contribution in [0.1, 0.15) is 33.3 Å². The molecule has 38 heavy (non-hydrogen) atoms. The molecule has 0 N–H and O–H groups in total. The molecule has 0 bridgehead atoms. The number of carbonyl (C=O) groups is 2. The van der Waals surface area contributed by atoms with Gasteiger partial charge < -0.3 is 9.64 Å². The minimum absolute atomic E-state index is 0.175. The third-order valence-electron chi connectivity index (χ3n) is 6.75. The molecule has 10 heteroatoms. The number of hydrogen-bond acceptors (Lipinski definition) is 6. The zero-order chi connectivity index (χ0) is 26.5. The fraction of sp³-hybridized carbons (Fsp3) is 0.321. The Labute approximate surface area is 230 Å². The zero-order valence-corrected chi connectivity index (χ0v) is 22.3. The van der Waals surface area contributed by atoms with E-state index >= 15 is 0 Å². The predicted molar refractivity (Wildman–Crippen MR) is 146 cm³/mol. The van der Waals surface area contributed by atoms with Crippen molar-refractivity contribution in [3.05, 3.63) is 92.9 Å². The molecule has 0 saturated carbocycles. The summed E-state index contributed by atoms with van der Waals surface area (Å²) < 4.78 is 20.3. The number of nitrogens with zero attached hydrogens (tertiary/aromatic N) is 4. The smallest absolute Gasteiger partial charge is 0.264 e. The van der Waals surface area contributed by atoms with Crippen LogP contribution in [0.15, 0.2) is 71.1 Å². The Morgan fingerprint density at radius 2 is 1.84 bits per heavy atom. The first-order valence-corrected chi connectivity index (χ1v) is 13.8. The van der Waals surface area contributed by atoms with Crippen molar-refractivity contribution in [2.45, 2.75) is 12.5 Å². The van der Waals surface area contributed by atoms with Crippen LogP contribution in [0.4, 0.5) is 4.39 Å². The Kier molecular flexibility index (Phi) is 8.48. The first kappa shape index (κ1) is 26.5. The van der Waals surface area contributed by atoms with Gasteiger partial charge >= 0.3 is 0 Å². The summed E-state index contributed by atoms with van der Waals surface area (Å²) in [6.45, 7) is 3.68. The highest BCUT2D eigenvalue weighted by molar-refractivity contribution is 7.12. The van der Waals surface area contributed by atoms with E-state index in [1.807, 2.05) is 29.6 Å². The van der Waals surface area contributed by atoms with Crippen LogP contribution in [0, 0.1) is 5.82 Å². The molecule has 7 nitrogen and oxygen atoms in total. The second-order valence-corrected chi connectivity index (χ2v) is 10.5. The maximum absolute atomic E-state index is 14.9. The van der Waals surface area contributed by atoms with E-state index in [9.17, 15) is 14.0 Å². The van der Waals surface area contributed by atoms with E-state index < -0.39 is 11.9 Å². The van der Waals surface area contributed by atoms with Gasteiger partial charge in [-0.2, -0.15) is 5.10 Å². The summed E-state index contributed by atoms with van der Waals surface area (Å²) in [5.41, 5.74) is 1.67. The van der Waals surface area contributed by atoms with E-state index in [0.29, 0.717) is 59.5 Å². The van der Waals surface area contributed by atoms with Crippen LogP contribution in [-0.2, 0) is 9.53 Å². The average Bonchev–Trinajstić information content (AvgIpc) is 3.63. The van der Waals surface area contributed by atoms with E-state index in [4.69, 9.17) is 16.3 Å². The Balaban J connectivity index is 1.41. The molecule has 0 radical (unpaired) electrons. The van der Waals surface area contributed by atoms with E-state index in [2.05, 4.69) is 10.0 Å². The van der Waals surface area contributed by atoms with E-state index in [0.717, 1.165) is 13.1 Å². The lowest BCUT2D eigenvalue weighted by molar-refractivity contribution is -0.133. The third kappa shape index (κ3) is 5.96. The fourth-order valence-corrected chi connectivity index (χ4v) is 5.65. The number of hydrogen-bond donors (Lipinski definition) is 0. The van der Waals surface area contributed by atoms with Crippen molar-refractivity contribution < 1.29 is 18.7 Å². The van der Waals surface area contributed by atoms with Gasteiger partial charge in [0.1, 0.15) is 12.4 Å². The highest BCUT2D eigenvalue weighted by atomic mass is 35.5. The molecule has 3 aromatic rings. The maximum atomic E-state index is 14.9. The fourth-order valence-electron chi connectivity index (χ4n) is 4.72. The second-order valence-electron chi connectivity index (χ2n) is 9.16. The lowest BCUT2D eigenvalue weighted by Gasteiger charge is -2.31. The van der Waals surface area contributed by atoms with Gasteiger partial charge in [-0.25, -0.2) is 9.40 Å². The molecule has 2 aliphatic rings. The Morgan fingerprint density at radius 3 is 2.58 bits per heavy atom. The molecular formula is C28H28ClFN4O3S. The van der Waals surface area contributed by atoms with Crippen LogP contribution < -0.4 is 0 Å². The summed E-state index contributed by atoms with van der Waals surface area (Å²) in [6, 6.07) is 16.6.